The van der Waals surface area contributed by atoms with Crippen LogP contribution in [0.3, 0.4) is 0 Å². The van der Waals surface area contributed by atoms with Crippen LogP contribution in [0.15, 0.2) is 0 Å². The fourth-order valence-corrected chi connectivity index (χ4v) is 1.99. The van der Waals surface area contributed by atoms with Crippen LogP contribution >= 0.6 is 11.9 Å². The Bertz CT molecular complexity index is 86.9. The first-order chi connectivity index (χ1) is 4.27. The molecule has 0 aromatic carbocycles. The van der Waals surface area contributed by atoms with Crippen molar-refractivity contribution in [3.63, 3.8) is 0 Å². The van der Waals surface area contributed by atoms with E-state index in [4.69, 9.17) is 0 Å². The lowest BCUT2D eigenvalue weighted by molar-refractivity contribution is -0.779. The lowest BCUT2D eigenvalue weighted by Gasteiger charge is -2.33. The highest BCUT2D eigenvalue weighted by Gasteiger charge is 2.23. The molecule has 0 unspecified atom stereocenters. The van der Waals surface area contributed by atoms with E-state index >= 15 is 0 Å². The normalized spacial score (nSPS) is 26.0. The van der Waals surface area contributed by atoms with Gasteiger partial charge in [0.15, 0.2) is 0 Å². The third-order valence-corrected chi connectivity index (χ3v) is 3.45. The van der Waals surface area contributed by atoms with Crippen LogP contribution in [0.5, 0.6) is 0 Å². The van der Waals surface area contributed by atoms with E-state index in [9.17, 15) is 0 Å². The first kappa shape index (κ1) is 7.42. The molecule has 1 aliphatic rings. The second-order valence-corrected chi connectivity index (χ2v) is 4.23. The van der Waals surface area contributed by atoms with Gasteiger partial charge in [-0.2, -0.15) is 0 Å². The van der Waals surface area contributed by atoms with Crippen LogP contribution in [0.2, 0.25) is 0 Å². The van der Waals surface area contributed by atoms with Crippen LogP contribution < -0.4 is 0 Å². The van der Waals surface area contributed by atoms with E-state index in [1.165, 1.54) is 36.2 Å². The maximum absolute atomic E-state index is 2.34. The predicted octanol–water partition coefficient (Wildman–Crippen LogP) is 1.89. The number of likely N-dealkylation sites (tertiary alicyclic amines) is 1. The fraction of sp³-hybridized carbons (Fsp3) is 1.00. The van der Waals surface area contributed by atoms with Crippen molar-refractivity contribution in [2.75, 3.05) is 26.4 Å². The quantitative estimate of drug-likeness (QED) is 0.402. The van der Waals surface area contributed by atoms with E-state index in [1.54, 1.807) is 0 Å². The van der Waals surface area contributed by atoms with E-state index in [1.807, 2.05) is 11.9 Å². The molecule has 2 heteroatoms. The molecule has 0 radical (unpaired) electrons. The number of rotatable bonds is 1. The van der Waals surface area contributed by atoms with Crippen LogP contribution in [0.1, 0.15) is 19.3 Å². The molecule has 0 N–H and O–H groups in total. The zero-order valence-electron chi connectivity index (χ0n) is 6.39. The molecule has 1 rings (SSSR count). The van der Waals surface area contributed by atoms with E-state index < -0.39 is 0 Å². The summed E-state index contributed by atoms with van der Waals surface area (Å²) in [4.78, 5) is 0. The van der Waals surface area contributed by atoms with Gasteiger partial charge in [0.05, 0.1) is 32.1 Å². The maximum atomic E-state index is 2.34. The van der Waals surface area contributed by atoms with Crippen LogP contribution in [0.25, 0.3) is 0 Å². The number of hydrogen-bond acceptors (Lipinski definition) is 1. The average Bonchev–Trinajstić information content (AvgIpc) is 1.90. The van der Waals surface area contributed by atoms with Crippen molar-refractivity contribution in [3.8, 4) is 0 Å². The van der Waals surface area contributed by atoms with Crippen molar-refractivity contribution < 1.29 is 3.89 Å². The van der Waals surface area contributed by atoms with Gasteiger partial charge in [-0.3, -0.25) is 3.89 Å². The van der Waals surface area contributed by atoms with E-state index in [0.29, 0.717) is 0 Å². The Morgan fingerprint density at radius 2 is 1.67 bits per heavy atom. The molecule has 0 aromatic heterocycles. The van der Waals surface area contributed by atoms with Crippen molar-refractivity contribution in [1.29, 1.82) is 0 Å². The molecule has 0 aliphatic carbocycles. The topological polar surface area (TPSA) is 0 Å². The largest absolute Gasteiger partial charge is 0.264 e. The molecule has 1 saturated heterocycles. The predicted molar refractivity (Wildman–Crippen MR) is 43.3 cm³/mol. The van der Waals surface area contributed by atoms with Gasteiger partial charge in [-0.15, -0.1) is 0 Å². The summed E-state index contributed by atoms with van der Waals surface area (Å²) in [5.41, 5.74) is 0. The molecule has 0 saturated carbocycles. The Morgan fingerprint density at radius 1 is 1.11 bits per heavy atom. The molecule has 0 bridgehead atoms. The Hall–Kier alpha value is 0.310. The van der Waals surface area contributed by atoms with Crippen molar-refractivity contribution in [1.82, 2.24) is 0 Å². The Labute approximate surface area is 62.2 Å². The standard InChI is InChI=1S/C7H16NS/c1-8(9-2)6-4-3-5-7-8/h3-7H2,1-2H3/q+1. The molecule has 0 aromatic rings. The van der Waals surface area contributed by atoms with Gasteiger partial charge in [-0.25, -0.2) is 0 Å². The fourth-order valence-electron chi connectivity index (χ4n) is 1.36. The van der Waals surface area contributed by atoms with Crippen molar-refractivity contribution in [2.45, 2.75) is 19.3 Å². The van der Waals surface area contributed by atoms with Gasteiger partial charge in [0.2, 0.25) is 0 Å². The van der Waals surface area contributed by atoms with Gasteiger partial charge in [0.25, 0.3) is 0 Å². The molecule has 1 heterocycles. The molecule has 0 spiro atoms. The summed E-state index contributed by atoms with van der Waals surface area (Å²) >= 11 is 1.99. The van der Waals surface area contributed by atoms with Gasteiger partial charge in [-0.1, -0.05) is 0 Å². The minimum atomic E-state index is 1.24. The maximum Gasteiger partial charge on any atom is 0.0890 e. The first-order valence-corrected chi connectivity index (χ1v) is 4.85. The zero-order chi connectivity index (χ0) is 6.74. The van der Waals surface area contributed by atoms with Crippen LogP contribution in [-0.2, 0) is 0 Å². The first-order valence-electron chi connectivity index (χ1n) is 3.67. The SMILES string of the molecule is CS[N+]1(C)CCCCC1. The Morgan fingerprint density at radius 3 is 2.00 bits per heavy atom. The number of piperidine rings is 1. The Kier molecular flexibility index (Phi) is 2.42. The van der Waals surface area contributed by atoms with Crippen LogP contribution in [0, 0.1) is 0 Å². The molecule has 0 amide bonds. The van der Waals surface area contributed by atoms with E-state index in [-0.39, 0.29) is 0 Å². The van der Waals surface area contributed by atoms with Gasteiger partial charge in [-0.05, 0) is 19.3 Å². The summed E-state index contributed by atoms with van der Waals surface area (Å²) in [5, 5.41) is 0. The highest BCUT2D eigenvalue weighted by atomic mass is 32.2. The highest BCUT2D eigenvalue weighted by molar-refractivity contribution is 7.93. The van der Waals surface area contributed by atoms with Crippen LogP contribution in [-0.4, -0.2) is 30.3 Å². The number of nitrogens with zero attached hydrogens (tertiary/aromatic N) is 1. The van der Waals surface area contributed by atoms with E-state index in [2.05, 4.69) is 13.3 Å². The van der Waals surface area contributed by atoms with Crippen molar-refractivity contribution in [2.24, 2.45) is 0 Å². The average molecular weight is 146 g/mol. The number of quaternary nitrogens is 1. The zero-order valence-corrected chi connectivity index (χ0v) is 7.21. The molecule has 9 heavy (non-hydrogen) atoms. The minimum Gasteiger partial charge on any atom is -0.264 e. The molecule has 1 aliphatic heterocycles. The van der Waals surface area contributed by atoms with Crippen molar-refractivity contribution in [3.05, 3.63) is 0 Å². The van der Waals surface area contributed by atoms with Crippen molar-refractivity contribution >= 4 is 11.9 Å². The minimum absolute atomic E-state index is 1.24. The lowest BCUT2D eigenvalue weighted by atomic mass is 10.1. The number of hydrogen-bond donors (Lipinski definition) is 0. The summed E-state index contributed by atoms with van der Waals surface area (Å²) in [6, 6.07) is 0. The van der Waals surface area contributed by atoms with Crippen LogP contribution in [0.4, 0.5) is 0 Å². The van der Waals surface area contributed by atoms with E-state index in [0.717, 1.165) is 0 Å². The summed E-state index contributed by atoms with van der Waals surface area (Å²) < 4.78 is 1.24. The second kappa shape index (κ2) is 2.93. The smallest absolute Gasteiger partial charge is 0.0890 e. The van der Waals surface area contributed by atoms with Gasteiger partial charge < -0.3 is 0 Å². The molecular weight excluding hydrogens is 130 g/mol. The third kappa shape index (κ3) is 1.87. The third-order valence-electron chi connectivity index (χ3n) is 2.20. The molecular formula is C7H16NS+. The molecule has 1 fully saturated rings. The van der Waals surface area contributed by atoms with Gasteiger partial charge >= 0.3 is 0 Å². The summed E-state index contributed by atoms with van der Waals surface area (Å²) in [7, 11) is 2.34. The van der Waals surface area contributed by atoms with Gasteiger partial charge in [0.1, 0.15) is 0 Å². The lowest BCUT2D eigenvalue weighted by Crippen LogP contribution is -2.40. The molecule has 0 atom stereocenters. The highest BCUT2D eigenvalue weighted by Crippen LogP contribution is 2.23. The molecule has 1 nitrogen and oxygen atoms in total. The monoisotopic (exact) mass is 146 g/mol. The summed E-state index contributed by atoms with van der Waals surface area (Å²) in [6.07, 6.45) is 6.52. The summed E-state index contributed by atoms with van der Waals surface area (Å²) in [5.74, 6) is 0. The van der Waals surface area contributed by atoms with Gasteiger partial charge in [0, 0.05) is 6.26 Å². The second-order valence-electron chi connectivity index (χ2n) is 2.99. The Balaban J connectivity index is 2.37. The summed E-state index contributed by atoms with van der Waals surface area (Å²) in [6.45, 7) is 2.75. The molecule has 54 valence electrons.